The summed E-state index contributed by atoms with van der Waals surface area (Å²) in [5.41, 5.74) is 6.26. The van der Waals surface area contributed by atoms with Crippen LogP contribution in [0.25, 0.3) is 0 Å². The molecule has 2 rings (SSSR count). The normalized spacial score (nSPS) is 16.6. The third-order valence-corrected chi connectivity index (χ3v) is 6.39. The van der Waals surface area contributed by atoms with Crippen molar-refractivity contribution >= 4 is 29.5 Å². The number of benzene rings is 1. The summed E-state index contributed by atoms with van der Waals surface area (Å²) in [4.78, 5) is 52.7. The van der Waals surface area contributed by atoms with Crippen molar-refractivity contribution < 1.29 is 23.6 Å². The van der Waals surface area contributed by atoms with Gasteiger partial charge in [-0.1, -0.05) is 44.2 Å². The topological polar surface area (TPSA) is 157 Å². The molecule has 1 aliphatic heterocycles. The highest BCUT2D eigenvalue weighted by Crippen LogP contribution is 2.21. The summed E-state index contributed by atoms with van der Waals surface area (Å²) in [5, 5.41) is 15.2. The molecule has 1 aromatic rings. The molecule has 3 amide bonds. The Labute approximate surface area is 217 Å². The number of rotatable bonds is 14. The van der Waals surface area contributed by atoms with Gasteiger partial charge in [-0.25, -0.2) is 4.39 Å². The molecule has 204 valence electrons. The Bertz CT molecular complexity index is 942. The van der Waals surface area contributed by atoms with Crippen molar-refractivity contribution in [1.29, 1.82) is 5.41 Å². The quantitative estimate of drug-likeness (QED) is 0.141. The van der Waals surface area contributed by atoms with Crippen molar-refractivity contribution in [3.63, 3.8) is 0 Å². The van der Waals surface area contributed by atoms with E-state index in [2.05, 4.69) is 16.0 Å². The molecule has 2 unspecified atom stereocenters. The number of nitrogens with one attached hydrogen (secondary N) is 4. The molecule has 1 saturated heterocycles. The van der Waals surface area contributed by atoms with E-state index in [1.807, 2.05) is 44.2 Å². The standard InChI is InChI=1S/C26H39FN6O4/c1-17(2)23(32-22(35)13-12-18-8-4-3-5-9-18)25(37)33-15-7-11-20(33)24(36)31-19(21(34)16-27)10-6-14-30-26(28)29/h3-5,8-9,17,19-20,23H,6-7,10-16H2,1-2H3,(H,31,36)(H,32,35)(H4,28,29,30)/t19?,20-,23?/m0/s1. The molecule has 0 aromatic heterocycles. The number of carbonyl (C=O) groups excluding carboxylic acids is 4. The number of halogens is 1. The summed E-state index contributed by atoms with van der Waals surface area (Å²) in [6, 6.07) is 6.95. The monoisotopic (exact) mass is 518 g/mol. The second-order valence-electron chi connectivity index (χ2n) is 9.61. The van der Waals surface area contributed by atoms with Crippen LogP contribution in [-0.2, 0) is 25.6 Å². The molecule has 0 aliphatic carbocycles. The Hall–Kier alpha value is -3.50. The maximum Gasteiger partial charge on any atom is 0.246 e. The lowest BCUT2D eigenvalue weighted by molar-refractivity contribution is -0.143. The molecule has 0 radical (unpaired) electrons. The maximum atomic E-state index is 13.4. The number of nitrogens with zero attached hydrogens (tertiary/aromatic N) is 1. The van der Waals surface area contributed by atoms with Gasteiger partial charge in [-0.05, 0) is 43.6 Å². The number of ketones is 1. The Kier molecular flexibility index (Phi) is 12.0. The first kappa shape index (κ1) is 29.7. The van der Waals surface area contributed by atoms with Crippen molar-refractivity contribution in [1.82, 2.24) is 20.9 Å². The second-order valence-corrected chi connectivity index (χ2v) is 9.61. The van der Waals surface area contributed by atoms with E-state index in [0.717, 1.165) is 5.56 Å². The smallest absolute Gasteiger partial charge is 0.246 e. The Morgan fingerprint density at radius 1 is 1.16 bits per heavy atom. The van der Waals surface area contributed by atoms with Crippen molar-refractivity contribution in [2.24, 2.45) is 11.7 Å². The van der Waals surface area contributed by atoms with Gasteiger partial charge in [0.25, 0.3) is 0 Å². The Morgan fingerprint density at radius 3 is 2.49 bits per heavy atom. The van der Waals surface area contributed by atoms with Crippen LogP contribution >= 0.6 is 0 Å². The predicted molar refractivity (Wildman–Crippen MR) is 138 cm³/mol. The van der Waals surface area contributed by atoms with E-state index >= 15 is 0 Å². The first-order valence-corrected chi connectivity index (χ1v) is 12.7. The molecule has 1 aromatic carbocycles. The van der Waals surface area contributed by atoms with Crippen LogP contribution in [0, 0.1) is 11.3 Å². The summed E-state index contributed by atoms with van der Waals surface area (Å²) in [6.07, 6.45) is 2.34. The zero-order valence-electron chi connectivity index (χ0n) is 21.6. The van der Waals surface area contributed by atoms with Crippen LogP contribution in [0.2, 0.25) is 0 Å². The minimum Gasteiger partial charge on any atom is -0.370 e. The van der Waals surface area contributed by atoms with E-state index < -0.39 is 36.5 Å². The lowest BCUT2D eigenvalue weighted by atomic mass is 10.0. The van der Waals surface area contributed by atoms with E-state index in [9.17, 15) is 23.6 Å². The second kappa shape index (κ2) is 14.9. The minimum atomic E-state index is -1.22. The Balaban J connectivity index is 2.00. The molecule has 1 fully saturated rings. The number of carbonyl (C=O) groups is 4. The first-order valence-electron chi connectivity index (χ1n) is 12.7. The number of hydrogen-bond donors (Lipinski definition) is 5. The van der Waals surface area contributed by atoms with E-state index in [0.29, 0.717) is 38.8 Å². The fourth-order valence-corrected chi connectivity index (χ4v) is 4.35. The molecule has 0 bridgehead atoms. The van der Waals surface area contributed by atoms with E-state index in [1.165, 1.54) is 4.90 Å². The van der Waals surface area contributed by atoms with E-state index in [-0.39, 0.29) is 36.5 Å². The summed E-state index contributed by atoms with van der Waals surface area (Å²) < 4.78 is 13.1. The molecule has 1 heterocycles. The van der Waals surface area contributed by atoms with Gasteiger partial charge in [0.2, 0.25) is 17.7 Å². The number of hydrogen-bond acceptors (Lipinski definition) is 5. The van der Waals surface area contributed by atoms with Crippen LogP contribution < -0.4 is 21.7 Å². The molecular weight excluding hydrogens is 479 g/mol. The summed E-state index contributed by atoms with van der Waals surface area (Å²) >= 11 is 0. The number of alkyl halides is 1. The number of Topliss-reactive ketones (excluding diaryl/α,β-unsaturated/α-hetero) is 1. The fraction of sp³-hybridized carbons (Fsp3) is 0.577. The molecular formula is C26H39FN6O4. The van der Waals surface area contributed by atoms with Crippen molar-refractivity contribution in [3.05, 3.63) is 35.9 Å². The summed E-state index contributed by atoms with van der Waals surface area (Å²) in [7, 11) is 0. The van der Waals surface area contributed by atoms with Gasteiger partial charge in [0.1, 0.15) is 18.8 Å². The van der Waals surface area contributed by atoms with Gasteiger partial charge in [-0.3, -0.25) is 24.6 Å². The van der Waals surface area contributed by atoms with Gasteiger partial charge in [-0.15, -0.1) is 0 Å². The van der Waals surface area contributed by atoms with Crippen LogP contribution in [0.4, 0.5) is 4.39 Å². The van der Waals surface area contributed by atoms with Gasteiger partial charge in [0.05, 0.1) is 6.04 Å². The van der Waals surface area contributed by atoms with Gasteiger partial charge in [0, 0.05) is 19.5 Å². The molecule has 3 atom stereocenters. The van der Waals surface area contributed by atoms with E-state index in [1.54, 1.807) is 0 Å². The van der Waals surface area contributed by atoms with Gasteiger partial charge in [0.15, 0.2) is 11.7 Å². The van der Waals surface area contributed by atoms with Crippen LogP contribution in [0.3, 0.4) is 0 Å². The number of nitrogens with two attached hydrogens (primary N) is 1. The SMILES string of the molecule is CC(C)C(NC(=O)CCc1ccccc1)C(=O)N1CCC[C@H]1C(=O)NC(CCCNC(=N)N)C(=O)CF. The number of guanidine groups is 1. The van der Waals surface area contributed by atoms with Crippen molar-refractivity contribution in [2.45, 2.75) is 70.5 Å². The maximum absolute atomic E-state index is 13.4. The number of aryl methyl sites for hydroxylation is 1. The minimum absolute atomic E-state index is 0.168. The lowest BCUT2D eigenvalue weighted by Crippen LogP contribution is -2.56. The highest BCUT2D eigenvalue weighted by molar-refractivity contribution is 5.95. The van der Waals surface area contributed by atoms with Crippen LogP contribution in [-0.4, -0.2) is 72.3 Å². The highest BCUT2D eigenvalue weighted by atomic mass is 19.1. The van der Waals surface area contributed by atoms with Crippen LogP contribution in [0.5, 0.6) is 0 Å². The molecule has 1 aliphatic rings. The summed E-state index contributed by atoms with van der Waals surface area (Å²) in [6.45, 7) is 3.09. The van der Waals surface area contributed by atoms with Gasteiger partial charge >= 0.3 is 0 Å². The third kappa shape index (κ3) is 9.47. The van der Waals surface area contributed by atoms with Gasteiger partial charge < -0.3 is 26.6 Å². The molecule has 6 N–H and O–H groups in total. The fourth-order valence-electron chi connectivity index (χ4n) is 4.35. The van der Waals surface area contributed by atoms with E-state index in [4.69, 9.17) is 11.1 Å². The molecule has 37 heavy (non-hydrogen) atoms. The van der Waals surface area contributed by atoms with Crippen molar-refractivity contribution in [2.75, 3.05) is 19.8 Å². The number of amides is 3. The third-order valence-electron chi connectivity index (χ3n) is 6.39. The Morgan fingerprint density at radius 2 is 1.86 bits per heavy atom. The average Bonchev–Trinajstić information content (AvgIpc) is 3.37. The average molecular weight is 519 g/mol. The molecule has 0 spiro atoms. The van der Waals surface area contributed by atoms with Crippen molar-refractivity contribution in [3.8, 4) is 0 Å². The lowest BCUT2D eigenvalue weighted by Gasteiger charge is -2.31. The molecule has 0 saturated carbocycles. The zero-order valence-corrected chi connectivity index (χ0v) is 21.6. The molecule has 10 nitrogen and oxygen atoms in total. The zero-order chi connectivity index (χ0) is 27.4. The number of likely N-dealkylation sites (tertiary alicyclic amines) is 1. The first-order chi connectivity index (χ1) is 17.6. The highest BCUT2D eigenvalue weighted by Gasteiger charge is 2.39. The van der Waals surface area contributed by atoms with Crippen LogP contribution in [0.1, 0.15) is 51.5 Å². The van der Waals surface area contributed by atoms with Crippen LogP contribution in [0.15, 0.2) is 30.3 Å². The predicted octanol–water partition coefficient (Wildman–Crippen LogP) is 1.04. The largest absolute Gasteiger partial charge is 0.370 e. The van der Waals surface area contributed by atoms with Gasteiger partial charge in [-0.2, -0.15) is 0 Å². The molecule has 11 heteroatoms. The summed E-state index contributed by atoms with van der Waals surface area (Å²) in [5.74, 6) is -2.28.